The van der Waals surface area contributed by atoms with Gasteiger partial charge in [0.1, 0.15) is 23.6 Å². The standard InChI is InChI=1S/C25H22N4O5/c1-29-13-26-19-11-18(14-5-7-20(32-2)22(9-14)33-3)28-24(23(19)25(29)31)27-16-6-4-15-8-17(30)12-34-21(15)10-16/h4-7,9-11,13H,8,12H2,1-3H3,(H,27,28). The summed E-state index contributed by atoms with van der Waals surface area (Å²) in [7, 11) is 4.79. The molecule has 0 spiro atoms. The van der Waals surface area contributed by atoms with E-state index in [0.29, 0.717) is 51.8 Å². The summed E-state index contributed by atoms with van der Waals surface area (Å²) in [5, 5.41) is 3.62. The van der Waals surface area contributed by atoms with Crippen molar-refractivity contribution in [2.45, 2.75) is 6.42 Å². The number of fused-ring (bicyclic) bond motifs is 2. The molecule has 3 heterocycles. The van der Waals surface area contributed by atoms with Crippen LogP contribution in [0.4, 0.5) is 11.5 Å². The number of pyridine rings is 1. The smallest absolute Gasteiger partial charge is 0.264 e. The maximum atomic E-state index is 13.0. The zero-order valence-electron chi connectivity index (χ0n) is 18.9. The van der Waals surface area contributed by atoms with Gasteiger partial charge in [0, 0.05) is 36.3 Å². The molecule has 2 aromatic heterocycles. The fourth-order valence-electron chi connectivity index (χ4n) is 3.93. The van der Waals surface area contributed by atoms with E-state index >= 15 is 0 Å². The van der Waals surface area contributed by atoms with Crippen LogP contribution in [0.2, 0.25) is 0 Å². The van der Waals surface area contributed by atoms with E-state index in [1.54, 1.807) is 39.5 Å². The van der Waals surface area contributed by atoms with E-state index < -0.39 is 0 Å². The van der Waals surface area contributed by atoms with Crippen LogP contribution >= 0.6 is 0 Å². The molecule has 0 saturated heterocycles. The monoisotopic (exact) mass is 458 g/mol. The summed E-state index contributed by atoms with van der Waals surface area (Å²) in [5.74, 6) is 2.21. The van der Waals surface area contributed by atoms with Gasteiger partial charge in [0.05, 0.1) is 31.8 Å². The highest BCUT2D eigenvalue weighted by atomic mass is 16.5. The third-order valence-electron chi connectivity index (χ3n) is 5.69. The summed E-state index contributed by atoms with van der Waals surface area (Å²) >= 11 is 0. The minimum atomic E-state index is -0.223. The number of aromatic nitrogens is 3. The normalized spacial score (nSPS) is 12.7. The Hall–Kier alpha value is -4.40. The zero-order valence-corrected chi connectivity index (χ0v) is 18.9. The first-order valence-corrected chi connectivity index (χ1v) is 10.6. The number of benzene rings is 2. The van der Waals surface area contributed by atoms with E-state index in [1.165, 1.54) is 10.9 Å². The minimum absolute atomic E-state index is 0.0399. The lowest BCUT2D eigenvalue weighted by molar-refractivity contribution is -0.121. The number of nitrogens with one attached hydrogen (secondary N) is 1. The summed E-state index contributed by atoms with van der Waals surface area (Å²) in [4.78, 5) is 33.9. The van der Waals surface area contributed by atoms with Crippen LogP contribution in [0.3, 0.4) is 0 Å². The van der Waals surface area contributed by atoms with Gasteiger partial charge in [-0.2, -0.15) is 0 Å². The number of methoxy groups -OCH3 is 2. The van der Waals surface area contributed by atoms with Gasteiger partial charge < -0.3 is 24.1 Å². The van der Waals surface area contributed by atoms with E-state index in [-0.39, 0.29) is 17.9 Å². The number of carbonyl (C=O) groups excluding carboxylic acids is 1. The van der Waals surface area contributed by atoms with E-state index in [1.807, 2.05) is 24.3 Å². The van der Waals surface area contributed by atoms with Crippen molar-refractivity contribution in [3.63, 3.8) is 0 Å². The van der Waals surface area contributed by atoms with Crippen LogP contribution in [0.5, 0.6) is 17.2 Å². The van der Waals surface area contributed by atoms with Crippen molar-refractivity contribution in [2.75, 3.05) is 26.1 Å². The second-order valence-electron chi connectivity index (χ2n) is 7.93. The number of Topliss-reactive ketones (excluding diaryl/α,β-unsaturated/α-hetero) is 1. The molecule has 0 unspecified atom stereocenters. The largest absolute Gasteiger partial charge is 0.493 e. The molecule has 0 radical (unpaired) electrons. The Labute approximate surface area is 194 Å². The summed E-state index contributed by atoms with van der Waals surface area (Å²) in [5.41, 5.74) is 3.17. The molecule has 2 aromatic carbocycles. The Morgan fingerprint density at radius 2 is 1.85 bits per heavy atom. The number of aryl methyl sites for hydroxylation is 1. The molecule has 9 nitrogen and oxygen atoms in total. The van der Waals surface area contributed by atoms with Crippen LogP contribution in [0.1, 0.15) is 5.56 Å². The van der Waals surface area contributed by atoms with Crippen molar-refractivity contribution in [1.82, 2.24) is 14.5 Å². The zero-order chi connectivity index (χ0) is 23.8. The van der Waals surface area contributed by atoms with Gasteiger partial charge in [-0.05, 0) is 30.3 Å². The Kier molecular flexibility index (Phi) is 5.37. The lowest BCUT2D eigenvalue weighted by Crippen LogP contribution is -2.20. The molecule has 0 amide bonds. The molecule has 0 aliphatic carbocycles. The van der Waals surface area contributed by atoms with Gasteiger partial charge in [0.25, 0.3) is 5.56 Å². The summed E-state index contributed by atoms with van der Waals surface area (Å²) < 4.78 is 17.7. The van der Waals surface area contributed by atoms with E-state index in [9.17, 15) is 9.59 Å². The fraction of sp³-hybridized carbons (Fsp3) is 0.200. The maximum absolute atomic E-state index is 13.0. The number of ketones is 1. The van der Waals surface area contributed by atoms with Crippen LogP contribution < -0.4 is 25.1 Å². The maximum Gasteiger partial charge on any atom is 0.264 e. The van der Waals surface area contributed by atoms with Gasteiger partial charge in [-0.15, -0.1) is 0 Å². The third-order valence-corrected chi connectivity index (χ3v) is 5.69. The topological polar surface area (TPSA) is 105 Å². The van der Waals surface area contributed by atoms with E-state index in [0.717, 1.165) is 11.1 Å². The molecule has 0 bridgehead atoms. The van der Waals surface area contributed by atoms with Gasteiger partial charge in [-0.3, -0.25) is 9.59 Å². The molecule has 34 heavy (non-hydrogen) atoms. The summed E-state index contributed by atoms with van der Waals surface area (Å²) in [6, 6.07) is 12.7. The Balaban J connectivity index is 1.64. The SMILES string of the molecule is COc1ccc(-c2cc3ncn(C)c(=O)c3c(Nc3ccc4c(c3)OCC(=O)C4)n2)cc1OC. The first kappa shape index (κ1) is 21.4. The number of hydrogen-bond donors (Lipinski definition) is 1. The fourth-order valence-corrected chi connectivity index (χ4v) is 3.93. The molecule has 172 valence electrons. The van der Waals surface area contributed by atoms with Crippen molar-refractivity contribution in [3.05, 3.63) is 64.7 Å². The number of anilines is 2. The average Bonchev–Trinajstić information content (AvgIpc) is 2.85. The van der Waals surface area contributed by atoms with Crippen LogP contribution in [0, 0.1) is 0 Å². The molecular weight excluding hydrogens is 436 g/mol. The number of rotatable bonds is 5. The predicted molar refractivity (Wildman–Crippen MR) is 127 cm³/mol. The van der Waals surface area contributed by atoms with E-state index in [2.05, 4.69) is 10.3 Å². The van der Waals surface area contributed by atoms with Crippen LogP contribution in [0.25, 0.3) is 22.2 Å². The molecular formula is C25H22N4O5. The number of ether oxygens (including phenoxy) is 3. The minimum Gasteiger partial charge on any atom is -0.493 e. The molecule has 0 fully saturated rings. The van der Waals surface area contributed by atoms with Gasteiger partial charge in [0.2, 0.25) is 0 Å². The van der Waals surface area contributed by atoms with Gasteiger partial charge >= 0.3 is 0 Å². The molecule has 0 saturated carbocycles. The molecule has 5 rings (SSSR count). The van der Waals surface area contributed by atoms with Crippen molar-refractivity contribution >= 4 is 28.2 Å². The van der Waals surface area contributed by atoms with Crippen molar-refractivity contribution in [2.24, 2.45) is 7.05 Å². The second kappa shape index (κ2) is 8.51. The highest BCUT2D eigenvalue weighted by Crippen LogP contribution is 2.34. The van der Waals surface area contributed by atoms with Crippen molar-refractivity contribution in [3.8, 4) is 28.5 Å². The number of hydrogen-bond acceptors (Lipinski definition) is 8. The first-order chi connectivity index (χ1) is 16.5. The Bertz CT molecular complexity index is 1500. The molecule has 1 aliphatic heterocycles. The molecule has 0 atom stereocenters. The van der Waals surface area contributed by atoms with Crippen LogP contribution in [-0.4, -0.2) is 41.1 Å². The summed E-state index contributed by atoms with van der Waals surface area (Å²) in [6.45, 7) is 0.0525. The first-order valence-electron chi connectivity index (χ1n) is 10.6. The quantitative estimate of drug-likeness (QED) is 0.486. The van der Waals surface area contributed by atoms with Gasteiger partial charge in [-0.25, -0.2) is 9.97 Å². The number of nitrogens with zero attached hydrogens (tertiary/aromatic N) is 3. The van der Waals surface area contributed by atoms with Gasteiger partial charge in [0.15, 0.2) is 17.3 Å². The molecule has 9 heteroatoms. The summed E-state index contributed by atoms with van der Waals surface area (Å²) in [6.07, 6.45) is 1.83. The van der Waals surface area contributed by atoms with Gasteiger partial charge in [-0.1, -0.05) is 6.07 Å². The van der Waals surface area contributed by atoms with Crippen LogP contribution in [-0.2, 0) is 18.3 Å². The highest BCUT2D eigenvalue weighted by molar-refractivity contribution is 5.93. The predicted octanol–water partition coefficient (Wildman–Crippen LogP) is 3.26. The van der Waals surface area contributed by atoms with Crippen LogP contribution in [0.15, 0.2) is 53.6 Å². The number of carbonyl (C=O) groups is 1. The van der Waals surface area contributed by atoms with E-state index in [4.69, 9.17) is 19.2 Å². The highest BCUT2D eigenvalue weighted by Gasteiger charge is 2.19. The lowest BCUT2D eigenvalue weighted by atomic mass is 10.0. The Morgan fingerprint density at radius 1 is 1.03 bits per heavy atom. The van der Waals surface area contributed by atoms with Crippen molar-refractivity contribution in [1.29, 1.82) is 0 Å². The molecule has 1 aliphatic rings. The molecule has 4 aromatic rings. The third kappa shape index (κ3) is 3.81. The van der Waals surface area contributed by atoms with Crippen molar-refractivity contribution < 1.29 is 19.0 Å². The Morgan fingerprint density at radius 3 is 2.65 bits per heavy atom. The molecule has 1 N–H and O–H groups in total. The average molecular weight is 458 g/mol. The lowest BCUT2D eigenvalue weighted by Gasteiger charge is -2.18. The second-order valence-corrected chi connectivity index (χ2v) is 7.93.